The van der Waals surface area contributed by atoms with Crippen molar-refractivity contribution in [2.24, 2.45) is 0 Å². The van der Waals surface area contributed by atoms with Crippen molar-refractivity contribution in [2.45, 2.75) is 33.3 Å². The van der Waals surface area contributed by atoms with Gasteiger partial charge in [0.2, 0.25) is 0 Å². The minimum atomic E-state index is -0.0375. The molecule has 0 bridgehead atoms. The molecule has 0 unspecified atom stereocenters. The zero-order valence-electron chi connectivity index (χ0n) is 14.8. The van der Waals surface area contributed by atoms with Gasteiger partial charge >= 0.3 is 0 Å². The molecule has 2 N–H and O–H groups in total. The first-order chi connectivity index (χ1) is 11.6. The van der Waals surface area contributed by atoms with Crippen LogP contribution in [0.15, 0.2) is 18.2 Å². The Labute approximate surface area is 143 Å². The number of carbonyl (C=O) groups is 1. The molecule has 2 heterocycles. The molecule has 1 aromatic carbocycles. The maximum absolute atomic E-state index is 12.5. The molecule has 24 heavy (non-hydrogen) atoms. The van der Waals surface area contributed by atoms with E-state index in [1.807, 2.05) is 13.0 Å². The molecular formula is C19H27N3O2. The number of likely N-dealkylation sites (N-methyl/N-ethyl adjacent to an activating group) is 1. The van der Waals surface area contributed by atoms with Gasteiger partial charge in [0.05, 0.1) is 12.7 Å². The standard InChI is InChI=1S/C19H27N3O2/c1-4-22-9-10-24-15(12-22)7-8-20-19(23)18-14(3)16-11-13(2)5-6-17(16)21-18/h5-6,11,15,21H,4,7-10,12H2,1-3H3,(H,20,23)/t15-/m0/s1. The highest BCUT2D eigenvalue weighted by Gasteiger charge is 2.20. The molecule has 0 radical (unpaired) electrons. The van der Waals surface area contributed by atoms with Crippen molar-refractivity contribution < 1.29 is 9.53 Å². The van der Waals surface area contributed by atoms with Crippen molar-refractivity contribution in [3.63, 3.8) is 0 Å². The summed E-state index contributed by atoms with van der Waals surface area (Å²) in [7, 11) is 0. The first-order valence-electron chi connectivity index (χ1n) is 8.79. The van der Waals surface area contributed by atoms with E-state index in [4.69, 9.17) is 4.74 Å². The molecule has 1 saturated heterocycles. The second-order valence-electron chi connectivity index (χ2n) is 6.60. The zero-order chi connectivity index (χ0) is 17.1. The fraction of sp³-hybridized carbons (Fsp3) is 0.526. The van der Waals surface area contributed by atoms with E-state index >= 15 is 0 Å². The van der Waals surface area contributed by atoms with Crippen LogP contribution in [0.4, 0.5) is 0 Å². The number of H-pyrrole nitrogens is 1. The van der Waals surface area contributed by atoms with E-state index in [1.54, 1.807) is 0 Å². The highest BCUT2D eigenvalue weighted by Crippen LogP contribution is 2.22. The summed E-state index contributed by atoms with van der Waals surface area (Å²) in [5.74, 6) is -0.0375. The molecule has 0 saturated carbocycles. The SMILES string of the molecule is CCN1CCO[C@@H](CCNC(=O)c2[nH]c3ccc(C)cc3c2C)C1. The van der Waals surface area contributed by atoms with Crippen molar-refractivity contribution >= 4 is 16.8 Å². The largest absolute Gasteiger partial charge is 0.375 e. The van der Waals surface area contributed by atoms with Crippen LogP contribution in [-0.4, -0.2) is 54.7 Å². The number of ether oxygens (including phenoxy) is 1. The van der Waals surface area contributed by atoms with Crippen LogP contribution in [-0.2, 0) is 4.74 Å². The predicted octanol–water partition coefficient (Wildman–Crippen LogP) is 2.63. The molecule has 1 amide bonds. The lowest BCUT2D eigenvalue weighted by Gasteiger charge is -2.32. The summed E-state index contributed by atoms with van der Waals surface area (Å²) >= 11 is 0. The Hall–Kier alpha value is -1.85. The van der Waals surface area contributed by atoms with Crippen LogP contribution < -0.4 is 5.32 Å². The molecule has 5 nitrogen and oxygen atoms in total. The van der Waals surface area contributed by atoms with Gasteiger partial charge in [0.15, 0.2) is 0 Å². The third-order valence-corrected chi connectivity index (χ3v) is 4.86. The van der Waals surface area contributed by atoms with E-state index in [0.29, 0.717) is 12.2 Å². The summed E-state index contributed by atoms with van der Waals surface area (Å²) in [6.07, 6.45) is 1.06. The minimum absolute atomic E-state index is 0.0375. The predicted molar refractivity (Wildman–Crippen MR) is 96.6 cm³/mol. The fourth-order valence-corrected chi connectivity index (χ4v) is 3.34. The van der Waals surface area contributed by atoms with Crippen molar-refractivity contribution in [1.82, 2.24) is 15.2 Å². The molecule has 3 rings (SSSR count). The lowest BCUT2D eigenvalue weighted by atomic mass is 10.1. The second kappa shape index (κ2) is 7.36. The molecule has 1 aliphatic rings. The number of nitrogens with zero attached hydrogens (tertiary/aromatic N) is 1. The van der Waals surface area contributed by atoms with Crippen LogP contribution in [0.3, 0.4) is 0 Å². The summed E-state index contributed by atoms with van der Waals surface area (Å²) in [5, 5.41) is 4.15. The van der Waals surface area contributed by atoms with Crippen LogP contribution in [0.1, 0.15) is 35.0 Å². The number of fused-ring (bicyclic) bond motifs is 1. The lowest BCUT2D eigenvalue weighted by Crippen LogP contribution is -2.43. The lowest BCUT2D eigenvalue weighted by molar-refractivity contribution is -0.0296. The molecule has 5 heteroatoms. The molecule has 130 valence electrons. The van der Waals surface area contributed by atoms with Crippen LogP contribution in [0.2, 0.25) is 0 Å². The van der Waals surface area contributed by atoms with Gasteiger partial charge in [0.25, 0.3) is 5.91 Å². The summed E-state index contributed by atoms with van der Waals surface area (Å²) < 4.78 is 5.78. The van der Waals surface area contributed by atoms with Crippen LogP contribution >= 0.6 is 0 Å². The molecular weight excluding hydrogens is 302 g/mol. The van der Waals surface area contributed by atoms with Gasteiger partial charge in [-0.3, -0.25) is 9.69 Å². The number of hydrogen-bond acceptors (Lipinski definition) is 3. The summed E-state index contributed by atoms with van der Waals surface area (Å²) in [4.78, 5) is 18.1. The van der Waals surface area contributed by atoms with E-state index in [-0.39, 0.29) is 12.0 Å². The molecule has 1 atom stereocenters. The quantitative estimate of drug-likeness (QED) is 0.886. The average Bonchev–Trinajstić information content (AvgIpc) is 2.91. The van der Waals surface area contributed by atoms with E-state index in [2.05, 4.69) is 41.2 Å². The highest BCUT2D eigenvalue weighted by atomic mass is 16.5. The summed E-state index contributed by atoms with van der Waals surface area (Å²) in [5.41, 5.74) is 3.89. The maximum atomic E-state index is 12.5. The summed E-state index contributed by atoms with van der Waals surface area (Å²) in [6, 6.07) is 6.21. The zero-order valence-corrected chi connectivity index (χ0v) is 14.8. The molecule has 0 spiro atoms. The maximum Gasteiger partial charge on any atom is 0.268 e. The van der Waals surface area contributed by atoms with E-state index in [0.717, 1.165) is 49.1 Å². The number of rotatable bonds is 5. The number of aromatic amines is 1. The Bertz CT molecular complexity index is 723. The fourth-order valence-electron chi connectivity index (χ4n) is 3.34. The number of hydrogen-bond donors (Lipinski definition) is 2. The van der Waals surface area contributed by atoms with Crippen molar-refractivity contribution in [2.75, 3.05) is 32.8 Å². The monoisotopic (exact) mass is 329 g/mol. The van der Waals surface area contributed by atoms with Gasteiger partial charge in [-0.15, -0.1) is 0 Å². The van der Waals surface area contributed by atoms with Gasteiger partial charge in [0.1, 0.15) is 5.69 Å². The molecule has 1 aliphatic heterocycles. The molecule has 2 aromatic rings. The second-order valence-corrected chi connectivity index (χ2v) is 6.60. The van der Waals surface area contributed by atoms with Crippen LogP contribution in [0.5, 0.6) is 0 Å². The van der Waals surface area contributed by atoms with E-state index in [9.17, 15) is 4.79 Å². The topological polar surface area (TPSA) is 57.4 Å². The smallest absolute Gasteiger partial charge is 0.268 e. The van der Waals surface area contributed by atoms with Gasteiger partial charge in [-0.05, 0) is 44.5 Å². The number of amides is 1. The average molecular weight is 329 g/mol. The Morgan fingerprint density at radius 1 is 1.42 bits per heavy atom. The van der Waals surface area contributed by atoms with Crippen molar-refractivity contribution in [1.29, 1.82) is 0 Å². The van der Waals surface area contributed by atoms with E-state index in [1.165, 1.54) is 5.56 Å². The minimum Gasteiger partial charge on any atom is -0.375 e. The Morgan fingerprint density at radius 2 is 2.25 bits per heavy atom. The highest BCUT2D eigenvalue weighted by molar-refractivity contribution is 6.00. The third kappa shape index (κ3) is 3.62. The number of aryl methyl sites for hydroxylation is 2. The Morgan fingerprint density at radius 3 is 3.04 bits per heavy atom. The van der Waals surface area contributed by atoms with Gasteiger partial charge in [0, 0.05) is 30.5 Å². The number of nitrogens with one attached hydrogen (secondary N) is 2. The van der Waals surface area contributed by atoms with Gasteiger partial charge < -0.3 is 15.0 Å². The van der Waals surface area contributed by atoms with Crippen LogP contribution in [0.25, 0.3) is 10.9 Å². The number of morpholine rings is 1. The number of aromatic nitrogens is 1. The number of benzene rings is 1. The van der Waals surface area contributed by atoms with Crippen LogP contribution in [0, 0.1) is 13.8 Å². The molecule has 0 aliphatic carbocycles. The van der Waals surface area contributed by atoms with Gasteiger partial charge in [-0.1, -0.05) is 18.6 Å². The molecule has 1 aromatic heterocycles. The van der Waals surface area contributed by atoms with E-state index < -0.39 is 0 Å². The van der Waals surface area contributed by atoms with Gasteiger partial charge in [-0.25, -0.2) is 0 Å². The third-order valence-electron chi connectivity index (χ3n) is 4.86. The first-order valence-corrected chi connectivity index (χ1v) is 8.79. The number of carbonyl (C=O) groups excluding carboxylic acids is 1. The summed E-state index contributed by atoms with van der Waals surface area (Å²) in [6.45, 7) is 10.7. The molecule has 1 fully saturated rings. The Balaban J connectivity index is 1.58. The first kappa shape index (κ1) is 17.0. The normalized spacial score (nSPS) is 18.9. The Kier molecular flexibility index (Phi) is 5.21. The van der Waals surface area contributed by atoms with Crippen molar-refractivity contribution in [3.05, 3.63) is 35.0 Å². The van der Waals surface area contributed by atoms with Gasteiger partial charge in [-0.2, -0.15) is 0 Å². The van der Waals surface area contributed by atoms with Crippen molar-refractivity contribution in [3.8, 4) is 0 Å².